The van der Waals surface area contributed by atoms with Crippen LogP contribution in [0.1, 0.15) is 22.6 Å². The molecule has 0 saturated heterocycles. The van der Waals surface area contributed by atoms with Crippen LogP contribution in [0.25, 0.3) is 0 Å². The second-order valence-corrected chi connectivity index (χ2v) is 6.83. The average Bonchev–Trinajstić information content (AvgIpc) is 2.83. The van der Waals surface area contributed by atoms with Gasteiger partial charge in [-0.2, -0.15) is 4.72 Å². The predicted molar refractivity (Wildman–Crippen MR) is 82.1 cm³/mol. The van der Waals surface area contributed by atoms with E-state index in [-0.39, 0.29) is 23.0 Å². The van der Waals surface area contributed by atoms with Crippen LogP contribution >= 0.6 is 0 Å². The number of benzene rings is 1. The molecule has 0 spiro atoms. The number of carbonyl (C=O) groups excluding carboxylic acids is 1. The second kappa shape index (κ2) is 6.93. The number of hydrogen-bond acceptors (Lipinski definition) is 6. The third kappa shape index (κ3) is 4.40. The summed E-state index contributed by atoms with van der Waals surface area (Å²) in [5.41, 5.74) is 2.13. The van der Waals surface area contributed by atoms with Gasteiger partial charge in [0.05, 0.1) is 0 Å². The highest BCUT2D eigenvalue weighted by Crippen LogP contribution is 2.18. The number of carbonyl (C=O) groups is 1. The summed E-state index contributed by atoms with van der Waals surface area (Å²) in [7, 11) is -3.87. The lowest BCUT2D eigenvalue weighted by Crippen LogP contribution is -2.31. The molecule has 1 aromatic carbocycles. The van der Waals surface area contributed by atoms with Gasteiger partial charge >= 0.3 is 5.97 Å². The van der Waals surface area contributed by atoms with Crippen LogP contribution in [-0.2, 0) is 26.2 Å². The largest absolute Gasteiger partial charge is 0.460 e. The molecule has 1 heterocycles. The van der Waals surface area contributed by atoms with E-state index in [9.17, 15) is 13.2 Å². The van der Waals surface area contributed by atoms with Crippen LogP contribution in [-0.4, -0.2) is 26.1 Å². The molecule has 0 saturated carbocycles. The predicted octanol–water partition coefficient (Wildman–Crippen LogP) is 1.62. The molecule has 0 aliphatic rings. The normalized spacial score (nSPS) is 11.4. The first kappa shape index (κ1) is 17.2. The lowest BCUT2D eigenvalue weighted by atomic mass is 10.1. The first-order valence-corrected chi connectivity index (χ1v) is 8.41. The topological polar surface area (TPSA) is 98.5 Å². The van der Waals surface area contributed by atoms with Gasteiger partial charge in [0.1, 0.15) is 23.7 Å². The Balaban J connectivity index is 1.91. The minimum Gasteiger partial charge on any atom is -0.460 e. The van der Waals surface area contributed by atoms with Gasteiger partial charge < -0.3 is 9.26 Å². The number of nitrogens with one attached hydrogen (secondary N) is 1. The average molecular weight is 338 g/mol. The third-order valence-corrected chi connectivity index (χ3v) is 4.77. The van der Waals surface area contributed by atoms with Crippen molar-refractivity contribution >= 4 is 16.0 Å². The zero-order valence-electron chi connectivity index (χ0n) is 13.1. The fourth-order valence-electron chi connectivity index (χ4n) is 2.10. The fraction of sp³-hybridized carbons (Fsp3) is 0.333. The number of ether oxygens (including phenoxy) is 1. The second-order valence-electron chi connectivity index (χ2n) is 5.13. The molecule has 0 fully saturated rings. The first-order valence-electron chi connectivity index (χ1n) is 6.93. The number of aromatic nitrogens is 1. The number of aryl methyl sites for hydroxylation is 3. The molecule has 1 N–H and O–H groups in total. The van der Waals surface area contributed by atoms with Crippen LogP contribution in [0.15, 0.2) is 33.7 Å². The summed E-state index contributed by atoms with van der Waals surface area (Å²) in [6.07, 6.45) is 0. The molecule has 2 rings (SSSR count). The van der Waals surface area contributed by atoms with Gasteiger partial charge in [0, 0.05) is 0 Å². The van der Waals surface area contributed by atoms with Gasteiger partial charge in [-0.3, -0.25) is 4.79 Å². The molecule has 0 unspecified atom stereocenters. The number of sulfonamides is 1. The Labute approximate surface area is 134 Å². The molecular formula is C15H18N2O5S. The van der Waals surface area contributed by atoms with E-state index in [0.29, 0.717) is 0 Å². The molecular weight excluding hydrogens is 320 g/mol. The Bertz CT molecular complexity index is 792. The number of rotatable bonds is 6. The highest BCUT2D eigenvalue weighted by Gasteiger charge is 2.24. The summed E-state index contributed by atoms with van der Waals surface area (Å²) in [4.78, 5) is 11.6. The molecule has 0 aliphatic heterocycles. The summed E-state index contributed by atoms with van der Waals surface area (Å²) in [6, 6.07) is 7.51. The summed E-state index contributed by atoms with van der Waals surface area (Å²) >= 11 is 0. The minimum absolute atomic E-state index is 0.0519. The van der Waals surface area contributed by atoms with E-state index >= 15 is 0 Å². The molecule has 0 aliphatic carbocycles. The molecule has 23 heavy (non-hydrogen) atoms. The van der Waals surface area contributed by atoms with Crippen molar-refractivity contribution < 1.29 is 22.5 Å². The van der Waals surface area contributed by atoms with Crippen LogP contribution in [0, 0.1) is 20.8 Å². The summed E-state index contributed by atoms with van der Waals surface area (Å²) in [5.74, 6) is -0.495. The zero-order valence-corrected chi connectivity index (χ0v) is 13.9. The molecule has 2 aromatic rings. The molecule has 7 nitrogen and oxygen atoms in total. The standard InChI is InChI=1S/C15H18N2O5S/c1-10-5-4-6-13(7-10)9-21-14(18)8-16-23(19,20)15-11(2)17-22-12(15)3/h4-7,16H,8-9H2,1-3H3. The van der Waals surface area contributed by atoms with E-state index < -0.39 is 22.5 Å². The van der Waals surface area contributed by atoms with E-state index in [1.807, 2.05) is 31.2 Å². The van der Waals surface area contributed by atoms with E-state index in [1.165, 1.54) is 13.8 Å². The lowest BCUT2D eigenvalue weighted by molar-refractivity contribution is -0.143. The van der Waals surface area contributed by atoms with Gasteiger partial charge in [-0.1, -0.05) is 35.0 Å². The monoisotopic (exact) mass is 338 g/mol. The van der Waals surface area contributed by atoms with Crippen LogP contribution < -0.4 is 4.72 Å². The molecule has 0 radical (unpaired) electrons. The van der Waals surface area contributed by atoms with Gasteiger partial charge in [-0.25, -0.2) is 8.42 Å². The molecule has 8 heteroatoms. The number of nitrogens with zero attached hydrogens (tertiary/aromatic N) is 1. The minimum atomic E-state index is -3.87. The Kier molecular flexibility index (Phi) is 5.17. The van der Waals surface area contributed by atoms with E-state index in [4.69, 9.17) is 9.26 Å². The van der Waals surface area contributed by atoms with E-state index in [0.717, 1.165) is 11.1 Å². The number of hydrogen-bond donors (Lipinski definition) is 1. The third-order valence-electron chi connectivity index (χ3n) is 3.13. The molecule has 0 bridgehead atoms. The van der Waals surface area contributed by atoms with Gasteiger partial charge in [0.15, 0.2) is 5.76 Å². The van der Waals surface area contributed by atoms with Crippen LogP contribution in [0.4, 0.5) is 0 Å². The zero-order chi connectivity index (χ0) is 17.0. The summed E-state index contributed by atoms with van der Waals surface area (Å²) in [5, 5.41) is 3.58. The van der Waals surface area contributed by atoms with Crippen molar-refractivity contribution in [3.05, 3.63) is 46.8 Å². The fourth-order valence-corrected chi connectivity index (χ4v) is 3.40. The highest BCUT2D eigenvalue weighted by atomic mass is 32.2. The maximum Gasteiger partial charge on any atom is 0.321 e. The summed E-state index contributed by atoms with van der Waals surface area (Å²) in [6.45, 7) is 4.57. The van der Waals surface area contributed by atoms with Crippen LogP contribution in [0.3, 0.4) is 0 Å². The molecule has 1 aromatic heterocycles. The maximum atomic E-state index is 12.1. The van der Waals surface area contributed by atoms with Crippen molar-refractivity contribution in [3.8, 4) is 0 Å². The van der Waals surface area contributed by atoms with Gasteiger partial charge in [0.2, 0.25) is 10.0 Å². The smallest absolute Gasteiger partial charge is 0.321 e. The van der Waals surface area contributed by atoms with Gasteiger partial charge in [-0.15, -0.1) is 0 Å². The Morgan fingerprint density at radius 1 is 1.30 bits per heavy atom. The van der Waals surface area contributed by atoms with Crippen molar-refractivity contribution in [1.82, 2.24) is 9.88 Å². The van der Waals surface area contributed by atoms with Gasteiger partial charge in [0.25, 0.3) is 0 Å². The highest BCUT2D eigenvalue weighted by molar-refractivity contribution is 7.89. The van der Waals surface area contributed by atoms with Gasteiger partial charge in [-0.05, 0) is 26.3 Å². The quantitative estimate of drug-likeness (QED) is 0.804. The Morgan fingerprint density at radius 2 is 2.04 bits per heavy atom. The van der Waals surface area contributed by atoms with Crippen molar-refractivity contribution in [2.75, 3.05) is 6.54 Å². The molecule has 0 amide bonds. The van der Waals surface area contributed by atoms with Crippen molar-refractivity contribution in [3.63, 3.8) is 0 Å². The Hall–Kier alpha value is -2.19. The van der Waals surface area contributed by atoms with E-state index in [2.05, 4.69) is 9.88 Å². The van der Waals surface area contributed by atoms with Crippen molar-refractivity contribution in [2.24, 2.45) is 0 Å². The van der Waals surface area contributed by atoms with Crippen LogP contribution in [0.5, 0.6) is 0 Å². The molecule has 0 atom stereocenters. The number of esters is 1. The first-order chi connectivity index (χ1) is 10.8. The van der Waals surface area contributed by atoms with Crippen molar-refractivity contribution in [1.29, 1.82) is 0 Å². The van der Waals surface area contributed by atoms with Crippen LogP contribution in [0.2, 0.25) is 0 Å². The molecule has 124 valence electrons. The SMILES string of the molecule is Cc1cccc(COC(=O)CNS(=O)(=O)c2c(C)noc2C)c1. The Morgan fingerprint density at radius 3 is 2.65 bits per heavy atom. The lowest BCUT2D eigenvalue weighted by Gasteiger charge is -2.07. The summed E-state index contributed by atoms with van der Waals surface area (Å²) < 4.78 is 36.3. The van der Waals surface area contributed by atoms with Crippen molar-refractivity contribution in [2.45, 2.75) is 32.3 Å². The maximum absolute atomic E-state index is 12.1. The van der Waals surface area contributed by atoms with E-state index in [1.54, 1.807) is 0 Å².